The molecule has 0 aromatic rings. The number of rotatable bonds is 5. The van der Waals surface area contributed by atoms with E-state index >= 15 is 0 Å². The normalized spacial score (nSPS) is 14.3. The second kappa shape index (κ2) is 5.62. The average Bonchev–Trinajstić information content (AvgIpc) is 1.83. The Labute approximate surface area is 101 Å². The molecule has 1 amide bonds. The molecule has 0 fully saturated rings. The van der Waals surface area contributed by atoms with Crippen molar-refractivity contribution in [2.75, 3.05) is 4.43 Å². The molecule has 0 radical (unpaired) electrons. The van der Waals surface area contributed by atoms with E-state index in [-0.39, 0.29) is 15.2 Å². The van der Waals surface area contributed by atoms with Crippen LogP contribution in [0.5, 0.6) is 0 Å². The van der Waals surface area contributed by atoms with Crippen LogP contribution in [0.25, 0.3) is 0 Å². The van der Waals surface area contributed by atoms with Crippen LogP contribution in [0.15, 0.2) is 0 Å². The Morgan fingerprint density at radius 1 is 1.58 bits per heavy atom. The van der Waals surface area contributed by atoms with Crippen LogP contribution in [-0.4, -0.2) is 13.8 Å². The van der Waals surface area contributed by atoms with Gasteiger partial charge in [-0.3, -0.25) is 4.79 Å². The van der Waals surface area contributed by atoms with Crippen LogP contribution in [-0.2, 0) is 4.79 Å². The number of halogens is 2. The van der Waals surface area contributed by atoms with Gasteiger partial charge in [-0.05, 0) is 12.8 Å². The van der Waals surface area contributed by atoms with E-state index in [1.807, 2.05) is 0 Å². The molecule has 0 aromatic carbocycles. The summed E-state index contributed by atoms with van der Waals surface area (Å²) in [4.78, 5) is 11.0. The van der Waals surface area contributed by atoms with E-state index in [9.17, 15) is 4.79 Å². The van der Waals surface area contributed by atoms with Crippen molar-refractivity contribution in [3.05, 3.63) is 0 Å². The average molecular weight is 395 g/mol. The third-order valence-corrected chi connectivity index (χ3v) is 2.65. The Morgan fingerprint density at radius 2 is 2.08 bits per heavy atom. The van der Waals surface area contributed by atoms with E-state index in [1.54, 1.807) is 0 Å². The monoisotopic (exact) mass is 395 g/mol. The topological polar surface area (TPSA) is 43.1 Å². The molecule has 0 rings (SSSR count). The highest BCUT2D eigenvalue weighted by Crippen LogP contribution is 2.27. The quantitative estimate of drug-likeness (QED) is 0.565. The highest BCUT2D eigenvalue weighted by molar-refractivity contribution is 14.1. The molecule has 72 valence electrons. The minimum atomic E-state index is -0.156. The first kappa shape index (κ1) is 12.9. The van der Waals surface area contributed by atoms with Crippen molar-refractivity contribution < 1.29 is 4.79 Å². The molecular formula is C8H15I2NO. The van der Waals surface area contributed by atoms with Crippen molar-refractivity contribution in [2.24, 2.45) is 11.7 Å². The third-order valence-electron chi connectivity index (χ3n) is 1.59. The lowest BCUT2D eigenvalue weighted by molar-refractivity contribution is -0.122. The molecule has 0 aliphatic heterocycles. The van der Waals surface area contributed by atoms with E-state index in [0.717, 1.165) is 17.3 Å². The molecule has 2 N–H and O–H groups in total. The van der Waals surface area contributed by atoms with E-state index in [4.69, 9.17) is 5.73 Å². The van der Waals surface area contributed by atoms with Gasteiger partial charge in [-0.2, -0.15) is 0 Å². The summed E-state index contributed by atoms with van der Waals surface area (Å²) in [7, 11) is 0. The number of primary amides is 1. The second-order valence-electron chi connectivity index (χ2n) is 3.50. The largest absolute Gasteiger partial charge is 0.369 e. The molecule has 0 aliphatic carbocycles. The van der Waals surface area contributed by atoms with Crippen LogP contribution in [0, 0.1) is 5.92 Å². The number of carbonyl (C=O) groups excluding carboxylic acids is 1. The van der Waals surface area contributed by atoms with Crippen LogP contribution in [0.1, 0.15) is 26.7 Å². The minimum Gasteiger partial charge on any atom is -0.369 e. The highest BCUT2D eigenvalue weighted by atomic mass is 127. The predicted molar refractivity (Wildman–Crippen MR) is 68.9 cm³/mol. The summed E-state index contributed by atoms with van der Waals surface area (Å²) < 4.78 is 1.17. The van der Waals surface area contributed by atoms with Crippen LogP contribution >= 0.6 is 45.2 Å². The molecular weight excluding hydrogens is 380 g/mol. The Hall–Kier alpha value is 0.930. The molecule has 0 aliphatic rings. The van der Waals surface area contributed by atoms with Crippen molar-refractivity contribution in [1.82, 2.24) is 0 Å². The molecule has 1 unspecified atom stereocenters. The van der Waals surface area contributed by atoms with Crippen molar-refractivity contribution in [1.29, 1.82) is 0 Å². The number of nitrogens with two attached hydrogens (primary N) is 1. The van der Waals surface area contributed by atoms with E-state index in [2.05, 4.69) is 59.0 Å². The Kier molecular flexibility index (Phi) is 6.05. The van der Waals surface area contributed by atoms with Gasteiger partial charge < -0.3 is 5.73 Å². The lowest BCUT2D eigenvalue weighted by Gasteiger charge is -2.21. The van der Waals surface area contributed by atoms with Crippen molar-refractivity contribution in [3.63, 3.8) is 0 Å². The summed E-state index contributed by atoms with van der Waals surface area (Å²) in [6, 6.07) is 0. The number of hydrogen-bond acceptors (Lipinski definition) is 1. The minimum absolute atomic E-state index is 0.0498. The first-order valence-corrected chi connectivity index (χ1v) is 6.51. The number of amides is 1. The molecule has 0 bridgehead atoms. The first-order chi connectivity index (χ1) is 5.37. The highest BCUT2D eigenvalue weighted by Gasteiger charge is 2.23. The van der Waals surface area contributed by atoms with Crippen LogP contribution < -0.4 is 5.73 Å². The fourth-order valence-electron chi connectivity index (χ4n) is 1.06. The lowest BCUT2D eigenvalue weighted by atomic mass is 9.94. The molecule has 0 aromatic heterocycles. The molecule has 0 saturated carbocycles. The third kappa shape index (κ3) is 6.45. The zero-order valence-corrected chi connectivity index (χ0v) is 11.8. The van der Waals surface area contributed by atoms with Gasteiger partial charge in [0.1, 0.15) is 0 Å². The van der Waals surface area contributed by atoms with Crippen LogP contribution in [0.3, 0.4) is 0 Å². The van der Waals surface area contributed by atoms with Gasteiger partial charge in [-0.15, -0.1) is 0 Å². The van der Waals surface area contributed by atoms with Gasteiger partial charge in [0.25, 0.3) is 0 Å². The maximum absolute atomic E-state index is 11.0. The van der Waals surface area contributed by atoms with E-state index < -0.39 is 0 Å². The zero-order valence-electron chi connectivity index (χ0n) is 7.44. The molecule has 4 heteroatoms. The molecule has 1 atom stereocenters. The Balaban J connectivity index is 4.05. The van der Waals surface area contributed by atoms with Gasteiger partial charge in [-0.25, -0.2) is 0 Å². The second-order valence-corrected chi connectivity index (χ2v) is 7.50. The van der Waals surface area contributed by atoms with E-state index in [1.165, 1.54) is 0 Å². The molecule has 0 spiro atoms. The predicted octanol–water partition coefficient (Wildman–Crippen LogP) is 2.52. The molecule has 2 nitrogen and oxygen atoms in total. The van der Waals surface area contributed by atoms with Gasteiger partial charge in [0, 0.05) is 13.8 Å². The fraction of sp³-hybridized carbons (Fsp3) is 0.875. The fourth-order valence-corrected chi connectivity index (χ4v) is 2.35. The Bertz CT molecular complexity index is 154. The van der Waals surface area contributed by atoms with Crippen molar-refractivity contribution in [2.45, 2.75) is 30.1 Å². The van der Waals surface area contributed by atoms with Crippen LogP contribution in [0.4, 0.5) is 0 Å². The maximum Gasteiger partial charge on any atom is 0.220 e. The van der Waals surface area contributed by atoms with E-state index in [0.29, 0.717) is 0 Å². The summed E-state index contributed by atoms with van der Waals surface area (Å²) >= 11 is 4.63. The summed E-state index contributed by atoms with van der Waals surface area (Å²) in [5, 5.41) is 0. The summed E-state index contributed by atoms with van der Waals surface area (Å²) in [5.41, 5.74) is 5.28. The molecule has 0 heterocycles. The SMILES string of the molecule is CC(C)(I)CC(CCI)C(N)=O. The number of carbonyl (C=O) groups is 1. The summed E-state index contributed by atoms with van der Waals surface area (Å²) in [6.07, 6.45) is 1.79. The lowest BCUT2D eigenvalue weighted by Crippen LogP contribution is -2.28. The van der Waals surface area contributed by atoms with Gasteiger partial charge >= 0.3 is 0 Å². The Morgan fingerprint density at radius 3 is 2.33 bits per heavy atom. The van der Waals surface area contributed by atoms with Gasteiger partial charge in [-0.1, -0.05) is 59.0 Å². The standard InChI is InChI=1S/C8H15I2NO/c1-8(2,10)5-6(3-4-9)7(11)12/h6H,3-5H2,1-2H3,(H2,11,12). The smallest absolute Gasteiger partial charge is 0.220 e. The molecule has 0 saturated heterocycles. The first-order valence-electron chi connectivity index (χ1n) is 3.91. The number of hydrogen-bond donors (Lipinski definition) is 1. The maximum atomic E-state index is 11.0. The van der Waals surface area contributed by atoms with Gasteiger partial charge in [0.15, 0.2) is 0 Å². The zero-order chi connectivity index (χ0) is 9.78. The van der Waals surface area contributed by atoms with Crippen molar-refractivity contribution >= 4 is 51.1 Å². The number of alkyl halides is 2. The summed E-state index contributed by atoms with van der Waals surface area (Å²) in [5.74, 6) is -0.106. The van der Waals surface area contributed by atoms with Gasteiger partial charge in [0.05, 0.1) is 0 Å². The molecule has 12 heavy (non-hydrogen) atoms. The van der Waals surface area contributed by atoms with Crippen molar-refractivity contribution in [3.8, 4) is 0 Å². The summed E-state index contributed by atoms with van der Waals surface area (Å²) in [6.45, 7) is 4.24. The van der Waals surface area contributed by atoms with Gasteiger partial charge in [0.2, 0.25) is 5.91 Å². The van der Waals surface area contributed by atoms with Crippen LogP contribution in [0.2, 0.25) is 0 Å².